The summed E-state index contributed by atoms with van der Waals surface area (Å²) in [6.45, 7) is 3.97. The number of hydrogen-bond donors (Lipinski definition) is 2. The van der Waals surface area contributed by atoms with Gasteiger partial charge in [-0.15, -0.1) is 11.3 Å². The largest absolute Gasteiger partial charge is 0.326 e. The molecule has 2 heterocycles. The van der Waals surface area contributed by atoms with Crippen molar-refractivity contribution in [3.63, 3.8) is 0 Å². The van der Waals surface area contributed by atoms with E-state index in [-0.39, 0.29) is 24.1 Å². The Morgan fingerprint density at radius 1 is 1.07 bits per heavy atom. The lowest BCUT2D eigenvalue weighted by Crippen LogP contribution is -2.52. The van der Waals surface area contributed by atoms with Gasteiger partial charge in [0.05, 0.1) is 22.7 Å². The maximum Gasteiger partial charge on any atom is 0.269 e. The highest BCUT2D eigenvalue weighted by atomic mass is 32.1. The van der Waals surface area contributed by atoms with E-state index in [1.807, 2.05) is 37.4 Å². The number of para-hydroxylation sites is 2. The van der Waals surface area contributed by atoms with Gasteiger partial charge in [0.25, 0.3) is 5.91 Å². The monoisotopic (exact) mass is 419 g/mol. The first kappa shape index (κ1) is 19.8. The first-order valence-electron chi connectivity index (χ1n) is 9.58. The molecule has 1 aliphatic heterocycles. The quantitative estimate of drug-likeness (QED) is 0.659. The second-order valence-electron chi connectivity index (χ2n) is 7.23. The Morgan fingerprint density at radius 3 is 2.60 bits per heavy atom. The van der Waals surface area contributed by atoms with Crippen LogP contribution in [0.15, 0.2) is 60.0 Å². The Labute approximate surface area is 178 Å². The highest BCUT2D eigenvalue weighted by Gasteiger charge is 2.38. The molecule has 0 saturated heterocycles. The lowest BCUT2D eigenvalue weighted by atomic mass is 10.0. The van der Waals surface area contributed by atoms with Gasteiger partial charge in [-0.3, -0.25) is 19.3 Å². The Bertz CT molecular complexity index is 1120. The summed E-state index contributed by atoms with van der Waals surface area (Å²) in [6.07, 6.45) is -0.149. The van der Waals surface area contributed by atoms with E-state index in [2.05, 4.69) is 10.6 Å². The fourth-order valence-electron chi connectivity index (χ4n) is 3.45. The molecule has 2 N–H and O–H groups in total. The zero-order valence-corrected chi connectivity index (χ0v) is 17.5. The van der Waals surface area contributed by atoms with Crippen molar-refractivity contribution < 1.29 is 14.4 Å². The molecule has 0 saturated carbocycles. The van der Waals surface area contributed by atoms with Gasteiger partial charge in [-0.2, -0.15) is 0 Å². The molecule has 6 nitrogen and oxygen atoms in total. The van der Waals surface area contributed by atoms with Gasteiger partial charge in [-0.05, 0) is 60.7 Å². The van der Waals surface area contributed by atoms with Crippen LogP contribution >= 0.6 is 11.3 Å². The molecule has 2 aromatic carbocycles. The lowest BCUT2D eigenvalue weighted by Gasteiger charge is -2.36. The summed E-state index contributed by atoms with van der Waals surface area (Å²) in [6, 6.07) is 15.3. The molecule has 0 unspecified atom stereocenters. The van der Waals surface area contributed by atoms with E-state index in [9.17, 15) is 14.4 Å². The summed E-state index contributed by atoms with van der Waals surface area (Å²) in [5.41, 5.74) is 3.99. The van der Waals surface area contributed by atoms with E-state index in [1.54, 1.807) is 36.4 Å². The first-order valence-corrected chi connectivity index (χ1v) is 10.5. The summed E-state index contributed by atoms with van der Waals surface area (Å²) in [4.78, 5) is 40.8. The molecule has 0 radical (unpaired) electrons. The van der Waals surface area contributed by atoms with Crippen molar-refractivity contribution in [3.8, 4) is 0 Å². The smallest absolute Gasteiger partial charge is 0.269 e. The van der Waals surface area contributed by atoms with Crippen molar-refractivity contribution in [1.82, 2.24) is 0 Å². The van der Waals surface area contributed by atoms with Crippen molar-refractivity contribution in [1.29, 1.82) is 0 Å². The average molecular weight is 420 g/mol. The van der Waals surface area contributed by atoms with E-state index >= 15 is 0 Å². The van der Waals surface area contributed by atoms with Crippen molar-refractivity contribution >= 4 is 46.1 Å². The topological polar surface area (TPSA) is 78.5 Å². The minimum absolute atomic E-state index is 0.149. The number of rotatable bonds is 4. The molecule has 3 aromatic rings. The summed E-state index contributed by atoms with van der Waals surface area (Å²) in [5, 5.41) is 7.47. The Morgan fingerprint density at radius 2 is 1.87 bits per heavy atom. The van der Waals surface area contributed by atoms with Crippen LogP contribution < -0.4 is 15.5 Å². The zero-order chi connectivity index (χ0) is 21.3. The second-order valence-corrected chi connectivity index (χ2v) is 8.17. The number of hydrogen-bond acceptors (Lipinski definition) is 4. The van der Waals surface area contributed by atoms with Gasteiger partial charge in [0.2, 0.25) is 11.8 Å². The van der Waals surface area contributed by atoms with Gasteiger partial charge < -0.3 is 10.6 Å². The summed E-state index contributed by atoms with van der Waals surface area (Å²) >= 11 is 1.30. The average Bonchev–Trinajstić information content (AvgIpc) is 3.26. The third-order valence-corrected chi connectivity index (χ3v) is 6.01. The predicted octanol–water partition coefficient (Wildman–Crippen LogP) is 4.36. The molecule has 4 rings (SSSR count). The predicted molar refractivity (Wildman–Crippen MR) is 119 cm³/mol. The van der Waals surface area contributed by atoms with E-state index < -0.39 is 6.04 Å². The third-order valence-electron chi connectivity index (χ3n) is 5.16. The van der Waals surface area contributed by atoms with E-state index in [0.717, 1.165) is 11.1 Å². The number of nitrogens with one attached hydrogen (secondary N) is 2. The molecule has 30 heavy (non-hydrogen) atoms. The van der Waals surface area contributed by atoms with Gasteiger partial charge in [0.1, 0.15) is 6.04 Å². The molecule has 7 heteroatoms. The molecule has 0 aliphatic carbocycles. The Kier molecular flexibility index (Phi) is 5.37. The van der Waals surface area contributed by atoms with Gasteiger partial charge in [-0.1, -0.05) is 24.3 Å². The Hall–Kier alpha value is -3.45. The molecule has 3 amide bonds. The number of thiophene rings is 1. The third kappa shape index (κ3) is 3.84. The number of fused-ring (bicyclic) bond motifs is 1. The number of anilines is 3. The van der Waals surface area contributed by atoms with Crippen LogP contribution in [0.4, 0.5) is 17.1 Å². The number of amides is 3. The van der Waals surface area contributed by atoms with Gasteiger partial charge in [-0.25, -0.2) is 0 Å². The molecule has 1 atom stereocenters. The highest BCUT2D eigenvalue weighted by molar-refractivity contribution is 7.12. The van der Waals surface area contributed by atoms with Gasteiger partial charge in [0.15, 0.2) is 0 Å². The first-order chi connectivity index (χ1) is 14.4. The minimum atomic E-state index is -0.943. The number of carbonyl (C=O) groups excluding carboxylic acids is 3. The van der Waals surface area contributed by atoms with Crippen LogP contribution in [-0.4, -0.2) is 23.8 Å². The standard InChI is InChI=1S/C23H21N3O3S/c1-14-9-10-16(12-15(14)2)24-21(27)13-19-22(28)25-17-6-3-4-7-18(17)26(19)23(29)20-8-5-11-30-20/h3-12,19H,13H2,1-2H3,(H,24,27)(H,25,28)/t19-/m1/s1. The van der Waals surface area contributed by atoms with Crippen molar-refractivity contribution in [2.45, 2.75) is 26.3 Å². The fraction of sp³-hybridized carbons (Fsp3) is 0.174. The molecular weight excluding hydrogens is 398 g/mol. The summed E-state index contributed by atoms with van der Waals surface area (Å²) in [5.74, 6) is -1.01. The molecule has 0 spiro atoms. The van der Waals surface area contributed by atoms with E-state index in [4.69, 9.17) is 0 Å². The van der Waals surface area contributed by atoms with Crippen LogP contribution in [0.5, 0.6) is 0 Å². The number of benzene rings is 2. The molecule has 152 valence electrons. The normalized spacial score (nSPS) is 15.3. The van der Waals surface area contributed by atoms with Crippen LogP contribution in [0.3, 0.4) is 0 Å². The molecule has 0 fully saturated rings. The molecule has 0 bridgehead atoms. The van der Waals surface area contributed by atoms with Crippen LogP contribution in [0.2, 0.25) is 0 Å². The number of nitrogens with zero attached hydrogens (tertiary/aromatic N) is 1. The minimum Gasteiger partial charge on any atom is -0.326 e. The van der Waals surface area contributed by atoms with Crippen molar-refractivity contribution in [2.75, 3.05) is 15.5 Å². The fourth-order valence-corrected chi connectivity index (χ4v) is 4.11. The van der Waals surface area contributed by atoms with Crippen LogP contribution in [0.25, 0.3) is 0 Å². The molecule has 1 aromatic heterocycles. The number of carbonyl (C=O) groups is 3. The van der Waals surface area contributed by atoms with E-state index in [1.165, 1.54) is 16.2 Å². The second kappa shape index (κ2) is 8.12. The van der Waals surface area contributed by atoms with Crippen molar-refractivity contribution in [2.24, 2.45) is 0 Å². The Balaban J connectivity index is 1.62. The van der Waals surface area contributed by atoms with Gasteiger partial charge in [0, 0.05) is 5.69 Å². The molecular formula is C23H21N3O3S. The summed E-state index contributed by atoms with van der Waals surface area (Å²) in [7, 11) is 0. The van der Waals surface area contributed by atoms with Crippen LogP contribution in [-0.2, 0) is 9.59 Å². The maximum absolute atomic E-state index is 13.2. The zero-order valence-electron chi connectivity index (χ0n) is 16.6. The van der Waals surface area contributed by atoms with Gasteiger partial charge >= 0.3 is 0 Å². The number of aryl methyl sites for hydroxylation is 2. The maximum atomic E-state index is 13.2. The van der Waals surface area contributed by atoms with Crippen LogP contribution in [0.1, 0.15) is 27.2 Å². The highest BCUT2D eigenvalue weighted by Crippen LogP contribution is 2.34. The lowest BCUT2D eigenvalue weighted by molar-refractivity contribution is -0.122. The van der Waals surface area contributed by atoms with Crippen LogP contribution in [0, 0.1) is 13.8 Å². The summed E-state index contributed by atoms with van der Waals surface area (Å²) < 4.78 is 0. The van der Waals surface area contributed by atoms with Crippen molar-refractivity contribution in [3.05, 3.63) is 76.0 Å². The molecule has 1 aliphatic rings. The van der Waals surface area contributed by atoms with E-state index in [0.29, 0.717) is 21.9 Å². The SMILES string of the molecule is Cc1ccc(NC(=O)C[C@@H]2C(=O)Nc3ccccc3N2C(=O)c2cccs2)cc1C.